The number of ether oxygens (including phenoxy) is 4. The topological polar surface area (TPSA) is 120 Å². The average Bonchev–Trinajstić information content (AvgIpc) is 2.73. The molecule has 198 valence electrons. The van der Waals surface area contributed by atoms with Crippen LogP contribution in [0, 0.1) is 0 Å². The van der Waals surface area contributed by atoms with Crippen molar-refractivity contribution in [1.29, 1.82) is 0 Å². The average molecular weight is 515 g/mol. The molecule has 12 heteroatoms. The second-order valence-corrected chi connectivity index (χ2v) is 12.5. The normalized spacial score (nSPS) is 16.7. The fraction of sp³-hybridized carbons (Fsp3) is 0.696. The maximum atomic E-state index is 13.4. The lowest BCUT2D eigenvalue weighted by Crippen LogP contribution is -2.44. The molecule has 1 aliphatic heterocycles. The Kier molecular flexibility index (Phi) is 9.49. The molecule has 1 aromatic heterocycles. The van der Waals surface area contributed by atoms with Crippen molar-refractivity contribution in [1.82, 2.24) is 9.88 Å². The van der Waals surface area contributed by atoms with Crippen LogP contribution in [0.25, 0.3) is 0 Å². The minimum absolute atomic E-state index is 0.0561. The predicted octanol–water partition coefficient (Wildman–Crippen LogP) is 3.56. The van der Waals surface area contributed by atoms with E-state index >= 15 is 0 Å². The van der Waals surface area contributed by atoms with Crippen molar-refractivity contribution in [2.45, 2.75) is 57.6 Å². The van der Waals surface area contributed by atoms with Crippen LogP contribution in [-0.2, 0) is 23.9 Å². The highest BCUT2D eigenvalue weighted by molar-refractivity contribution is 7.93. The van der Waals surface area contributed by atoms with Crippen LogP contribution in [-0.4, -0.2) is 90.2 Å². The van der Waals surface area contributed by atoms with Gasteiger partial charge in [-0.1, -0.05) is 0 Å². The molecule has 2 rings (SSSR count). The van der Waals surface area contributed by atoms with Crippen molar-refractivity contribution >= 4 is 27.7 Å². The lowest BCUT2D eigenvalue weighted by molar-refractivity contribution is 0.0322. The molecular formula is C23H38N4O7S. The first-order valence-corrected chi connectivity index (χ1v) is 13.3. The SMILES string of the molecule is CN=S(C)(=O)c1cc(OCCN2CCOCC2)cnc1N(C(=O)OC(C)(C)C)C(=O)OC(C)(C)C. The summed E-state index contributed by atoms with van der Waals surface area (Å²) in [6, 6.07) is 1.48. The van der Waals surface area contributed by atoms with Gasteiger partial charge in [-0.3, -0.25) is 4.90 Å². The third-order valence-electron chi connectivity index (χ3n) is 4.71. The van der Waals surface area contributed by atoms with E-state index in [1.165, 1.54) is 25.6 Å². The van der Waals surface area contributed by atoms with Crippen LogP contribution in [0.1, 0.15) is 41.5 Å². The van der Waals surface area contributed by atoms with Gasteiger partial charge in [-0.2, -0.15) is 4.90 Å². The summed E-state index contributed by atoms with van der Waals surface area (Å²) >= 11 is 0. The van der Waals surface area contributed by atoms with E-state index in [4.69, 9.17) is 18.9 Å². The highest BCUT2D eigenvalue weighted by atomic mass is 32.2. The van der Waals surface area contributed by atoms with Crippen molar-refractivity contribution in [2.24, 2.45) is 4.36 Å². The standard InChI is InChI=1S/C23H38N4O7S/c1-22(2,3)33-20(28)27(21(29)34-23(4,5)6)19-18(35(8,30)24-7)15-17(16-25-19)32-14-11-26-9-12-31-13-10-26/h15-16H,9-14H2,1-8H3. The molecule has 1 aliphatic rings. The van der Waals surface area contributed by atoms with Crippen molar-refractivity contribution in [2.75, 3.05) is 57.7 Å². The molecule has 0 radical (unpaired) electrons. The first-order valence-electron chi connectivity index (χ1n) is 11.4. The molecule has 0 aromatic carbocycles. The Labute approximate surface area is 208 Å². The zero-order valence-corrected chi connectivity index (χ0v) is 22.8. The lowest BCUT2D eigenvalue weighted by atomic mass is 10.2. The van der Waals surface area contributed by atoms with Crippen LogP contribution in [0.2, 0.25) is 0 Å². The smallest absolute Gasteiger partial charge is 0.425 e. The Balaban J connectivity index is 2.43. The monoisotopic (exact) mass is 514 g/mol. The molecule has 0 bridgehead atoms. The molecule has 1 atom stereocenters. The summed E-state index contributed by atoms with van der Waals surface area (Å²) in [7, 11) is -1.66. The zero-order valence-electron chi connectivity index (χ0n) is 22.0. The van der Waals surface area contributed by atoms with Gasteiger partial charge in [0.15, 0.2) is 5.82 Å². The molecule has 1 saturated heterocycles. The summed E-state index contributed by atoms with van der Waals surface area (Å²) in [5.74, 6) is 0.149. The molecule has 1 aromatic rings. The first kappa shape index (κ1) is 28.8. The molecule has 0 spiro atoms. The molecule has 0 saturated carbocycles. The van der Waals surface area contributed by atoms with Gasteiger partial charge in [0, 0.05) is 39.0 Å². The molecule has 0 N–H and O–H groups in total. The number of amides is 2. The molecule has 1 unspecified atom stereocenters. The van der Waals surface area contributed by atoms with Gasteiger partial charge in [0.1, 0.15) is 23.6 Å². The Morgan fingerprint density at radius 1 is 1.11 bits per heavy atom. The second-order valence-electron chi connectivity index (χ2n) is 10.1. The number of pyridine rings is 1. The number of aromatic nitrogens is 1. The predicted molar refractivity (Wildman–Crippen MR) is 133 cm³/mol. The summed E-state index contributed by atoms with van der Waals surface area (Å²) in [5.41, 5.74) is -1.80. The minimum atomic E-state index is -3.05. The van der Waals surface area contributed by atoms with Gasteiger partial charge in [0.05, 0.1) is 34.0 Å². The first-order chi connectivity index (χ1) is 16.1. The number of imide groups is 1. The highest BCUT2D eigenvalue weighted by Gasteiger charge is 2.36. The second kappa shape index (κ2) is 11.5. The van der Waals surface area contributed by atoms with Crippen molar-refractivity contribution in [3.05, 3.63) is 12.3 Å². The van der Waals surface area contributed by atoms with E-state index in [0.29, 0.717) is 37.0 Å². The Bertz CT molecular complexity index is 990. The van der Waals surface area contributed by atoms with Crippen LogP contribution in [0.3, 0.4) is 0 Å². The summed E-state index contributed by atoms with van der Waals surface area (Å²) in [5, 5.41) is 0. The van der Waals surface area contributed by atoms with Crippen LogP contribution in [0.15, 0.2) is 21.5 Å². The number of carbonyl (C=O) groups is 2. The quantitative estimate of drug-likeness (QED) is 0.561. The number of anilines is 1. The molecule has 11 nitrogen and oxygen atoms in total. The van der Waals surface area contributed by atoms with Crippen LogP contribution >= 0.6 is 0 Å². The van der Waals surface area contributed by atoms with Crippen molar-refractivity contribution in [3.63, 3.8) is 0 Å². The number of morpholine rings is 1. The van der Waals surface area contributed by atoms with E-state index in [1.807, 2.05) is 0 Å². The van der Waals surface area contributed by atoms with Gasteiger partial charge in [0.25, 0.3) is 0 Å². The van der Waals surface area contributed by atoms with E-state index in [1.54, 1.807) is 41.5 Å². The molecule has 2 heterocycles. The van der Waals surface area contributed by atoms with Crippen molar-refractivity contribution < 1.29 is 32.7 Å². The van der Waals surface area contributed by atoms with Gasteiger partial charge in [-0.15, -0.1) is 0 Å². The number of rotatable bonds is 6. The van der Waals surface area contributed by atoms with Gasteiger partial charge in [-0.25, -0.2) is 23.1 Å². The highest BCUT2D eigenvalue weighted by Crippen LogP contribution is 2.30. The minimum Gasteiger partial charge on any atom is -0.491 e. The molecule has 0 aliphatic carbocycles. The van der Waals surface area contributed by atoms with Gasteiger partial charge in [-0.05, 0) is 41.5 Å². The molecule has 2 amide bonds. The maximum Gasteiger partial charge on any atom is 0.425 e. The Morgan fingerprint density at radius 3 is 2.14 bits per heavy atom. The van der Waals surface area contributed by atoms with E-state index in [-0.39, 0.29) is 10.7 Å². The fourth-order valence-corrected chi connectivity index (χ4v) is 4.04. The summed E-state index contributed by atoms with van der Waals surface area (Å²) in [6.45, 7) is 14.1. The maximum absolute atomic E-state index is 13.4. The third kappa shape index (κ3) is 8.93. The lowest BCUT2D eigenvalue weighted by Gasteiger charge is -2.29. The zero-order chi connectivity index (χ0) is 26.4. The molecule has 35 heavy (non-hydrogen) atoms. The van der Waals surface area contributed by atoms with Gasteiger partial charge >= 0.3 is 12.2 Å². The van der Waals surface area contributed by atoms with E-state index in [2.05, 4.69) is 14.2 Å². The number of hydrogen-bond donors (Lipinski definition) is 0. The Morgan fingerprint density at radius 2 is 1.66 bits per heavy atom. The summed E-state index contributed by atoms with van der Waals surface area (Å²) < 4.78 is 39.4. The van der Waals surface area contributed by atoms with E-state index in [0.717, 1.165) is 13.1 Å². The summed E-state index contributed by atoms with van der Waals surface area (Å²) in [4.78, 5) is 33.4. The fourth-order valence-electron chi connectivity index (χ4n) is 3.02. The van der Waals surface area contributed by atoms with Crippen LogP contribution < -0.4 is 9.64 Å². The van der Waals surface area contributed by atoms with Crippen LogP contribution in [0.5, 0.6) is 5.75 Å². The van der Waals surface area contributed by atoms with Crippen LogP contribution in [0.4, 0.5) is 15.4 Å². The van der Waals surface area contributed by atoms with Gasteiger partial charge < -0.3 is 18.9 Å². The number of carbonyl (C=O) groups excluding carboxylic acids is 2. The van der Waals surface area contributed by atoms with Crippen molar-refractivity contribution in [3.8, 4) is 5.75 Å². The van der Waals surface area contributed by atoms with E-state index in [9.17, 15) is 13.8 Å². The van der Waals surface area contributed by atoms with Gasteiger partial charge in [0.2, 0.25) is 0 Å². The third-order valence-corrected chi connectivity index (χ3v) is 6.52. The molecular weight excluding hydrogens is 476 g/mol. The van der Waals surface area contributed by atoms with E-state index < -0.39 is 33.1 Å². The largest absolute Gasteiger partial charge is 0.491 e. The molecule has 1 fully saturated rings. The number of hydrogen-bond acceptors (Lipinski definition) is 10. The summed E-state index contributed by atoms with van der Waals surface area (Å²) in [6.07, 6.45) is 0.749. The number of nitrogens with zero attached hydrogens (tertiary/aromatic N) is 4. The Hall–Kier alpha value is -2.44.